The second kappa shape index (κ2) is 7.39. The van der Waals surface area contributed by atoms with Crippen LogP contribution in [0.4, 0.5) is 10.5 Å². The summed E-state index contributed by atoms with van der Waals surface area (Å²) in [6.07, 6.45) is 1.01. The molecule has 1 saturated heterocycles. The molecule has 0 radical (unpaired) electrons. The van der Waals surface area contributed by atoms with E-state index in [1.807, 2.05) is 36.1 Å². The highest BCUT2D eigenvalue weighted by atomic mass is 16.5. The second-order valence-corrected chi connectivity index (χ2v) is 6.23. The molecule has 0 spiro atoms. The first-order valence-corrected chi connectivity index (χ1v) is 8.51. The molecule has 2 aromatic rings. The molecule has 24 heavy (non-hydrogen) atoms. The Hall–Kier alpha value is -2.49. The summed E-state index contributed by atoms with van der Waals surface area (Å²) in [7, 11) is 0. The van der Waals surface area contributed by atoms with Crippen molar-refractivity contribution in [1.29, 1.82) is 0 Å². The van der Waals surface area contributed by atoms with Crippen LogP contribution in [-0.4, -0.2) is 30.6 Å². The lowest BCUT2D eigenvalue weighted by Gasteiger charge is -2.18. The molecular formula is C20H24N2O2. The predicted molar refractivity (Wildman–Crippen MR) is 96.7 cm³/mol. The van der Waals surface area contributed by atoms with Crippen LogP contribution >= 0.6 is 0 Å². The minimum absolute atomic E-state index is 0.0335. The van der Waals surface area contributed by atoms with Crippen molar-refractivity contribution < 1.29 is 9.53 Å². The predicted octanol–water partition coefficient (Wildman–Crippen LogP) is 4.42. The summed E-state index contributed by atoms with van der Waals surface area (Å²) >= 11 is 0. The fourth-order valence-corrected chi connectivity index (χ4v) is 3.06. The van der Waals surface area contributed by atoms with E-state index in [2.05, 4.69) is 36.5 Å². The molecule has 1 fully saturated rings. The third-order valence-electron chi connectivity index (χ3n) is 4.44. The molecule has 0 aromatic heterocycles. The zero-order valence-electron chi connectivity index (χ0n) is 14.3. The average Bonchev–Trinajstić information content (AvgIpc) is 3.08. The zero-order chi connectivity index (χ0) is 16.9. The van der Waals surface area contributed by atoms with E-state index in [4.69, 9.17) is 4.74 Å². The molecule has 1 heterocycles. The zero-order valence-corrected chi connectivity index (χ0v) is 14.3. The molecule has 1 N–H and O–H groups in total. The number of benzene rings is 2. The Balaban J connectivity index is 1.57. The van der Waals surface area contributed by atoms with Crippen molar-refractivity contribution >= 4 is 11.7 Å². The first-order chi connectivity index (χ1) is 11.7. The summed E-state index contributed by atoms with van der Waals surface area (Å²) in [4.78, 5) is 14.3. The van der Waals surface area contributed by atoms with Gasteiger partial charge in [0.05, 0.1) is 6.61 Å². The number of hydrogen-bond donors (Lipinski definition) is 1. The number of likely N-dealkylation sites (tertiary alicyclic amines) is 1. The quantitative estimate of drug-likeness (QED) is 0.905. The maximum absolute atomic E-state index is 12.4. The number of ether oxygens (including phenoxy) is 1. The summed E-state index contributed by atoms with van der Waals surface area (Å²) in [5.41, 5.74) is 3.38. The molecule has 1 atom stereocenters. The van der Waals surface area contributed by atoms with E-state index < -0.39 is 0 Å². The lowest BCUT2D eigenvalue weighted by Crippen LogP contribution is -2.32. The monoisotopic (exact) mass is 324 g/mol. The van der Waals surface area contributed by atoms with Crippen molar-refractivity contribution in [3.8, 4) is 5.75 Å². The Bertz CT molecular complexity index is 680. The van der Waals surface area contributed by atoms with Crippen LogP contribution < -0.4 is 10.1 Å². The topological polar surface area (TPSA) is 41.6 Å². The van der Waals surface area contributed by atoms with Gasteiger partial charge in [-0.05, 0) is 50.1 Å². The maximum atomic E-state index is 12.4. The summed E-state index contributed by atoms with van der Waals surface area (Å²) in [5, 5.41) is 2.97. The molecule has 0 aliphatic carbocycles. The van der Waals surface area contributed by atoms with Gasteiger partial charge in [-0.15, -0.1) is 0 Å². The highest BCUT2D eigenvalue weighted by Crippen LogP contribution is 2.28. The largest absolute Gasteiger partial charge is 0.494 e. The molecule has 0 unspecified atom stereocenters. The van der Waals surface area contributed by atoms with E-state index in [-0.39, 0.29) is 6.03 Å². The van der Waals surface area contributed by atoms with Crippen molar-refractivity contribution in [2.75, 3.05) is 25.0 Å². The van der Waals surface area contributed by atoms with Crippen LogP contribution in [0.5, 0.6) is 5.75 Å². The van der Waals surface area contributed by atoms with Crippen LogP contribution in [0.1, 0.15) is 30.4 Å². The number of amides is 2. The molecule has 3 rings (SSSR count). The number of rotatable bonds is 4. The molecule has 2 aromatic carbocycles. The van der Waals surface area contributed by atoms with Crippen molar-refractivity contribution in [2.24, 2.45) is 0 Å². The summed E-state index contributed by atoms with van der Waals surface area (Å²) in [6.45, 7) is 6.25. The standard InChI is InChI=1S/C20H24N2O2/c1-3-24-19-10-8-18(9-11-19)21-20(23)22-13-12-17(14-22)16-6-4-15(2)5-7-16/h4-11,17H,3,12-14H2,1-2H3,(H,21,23)/t17-/m0/s1. The molecule has 1 aliphatic rings. The normalized spacial score (nSPS) is 16.9. The van der Waals surface area contributed by atoms with E-state index in [0.717, 1.165) is 30.9 Å². The van der Waals surface area contributed by atoms with Crippen molar-refractivity contribution in [3.63, 3.8) is 0 Å². The Labute approximate surface area is 143 Å². The maximum Gasteiger partial charge on any atom is 0.321 e. The van der Waals surface area contributed by atoms with Gasteiger partial charge in [0.15, 0.2) is 0 Å². The van der Waals surface area contributed by atoms with Crippen LogP contribution in [0.3, 0.4) is 0 Å². The summed E-state index contributed by atoms with van der Waals surface area (Å²) in [5.74, 6) is 1.24. The number of aryl methyl sites for hydroxylation is 1. The van der Waals surface area contributed by atoms with E-state index >= 15 is 0 Å². The van der Waals surface area contributed by atoms with Gasteiger partial charge in [-0.3, -0.25) is 0 Å². The minimum Gasteiger partial charge on any atom is -0.494 e. The Morgan fingerprint density at radius 1 is 1.17 bits per heavy atom. The molecule has 0 bridgehead atoms. The van der Waals surface area contributed by atoms with Gasteiger partial charge in [0, 0.05) is 24.7 Å². The van der Waals surface area contributed by atoms with Crippen LogP contribution in [-0.2, 0) is 0 Å². The number of nitrogens with one attached hydrogen (secondary N) is 1. The van der Waals surface area contributed by atoms with Gasteiger partial charge in [0.25, 0.3) is 0 Å². The third-order valence-corrected chi connectivity index (χ3v) is 4.44. The Morgan fingerprint density at radius 3 is 2.54 bits per heavy atom. The van der Waals surface area contributed by atoms with Crippen molar-refractivity contribution in [3.05, 3.63) is 59.7 Å². The average molecular weight is 324 g/mol. The number of anilines is 1. The third kappa shape index (κ3) is 3.88. The molecule has 4 nitrogen and oxygen atoms in total. The molecular weight excluding hydrogens is 300 g/mol. The highest BCUT2D eigenvalue weighted by Gasteiger charge is 2.27. The van der Waals surface area contributed by atoms with Gasteiger partial charge in [-0.1, -0.05) is 29.8 Å². The lowest BCUT2D eigenvalue weighted by atomic mass is 9.98. The number of urea groups is 1. The van der Waals surface area contributed by atoms with Gasteiger partial charge >= 0.3 is 6.03 Å². The van der Waals surface area contributed by atoms with Crippen molar-refractivity contribution in [1.82, 2.24) is 4.90 Å². The van der Waals surface area contributed by atoms with E-state index in [9.17, 15) is 4.79 Å². The highest BCUT2D eigenvalue weighted by molar-refractivity contribution is 5.89. The number of nitrogens with zero attached hydrogens (tertiary/aromatic N) is 1. The first-order valence-electron chi connectivity index (χ1n) is 8.51. The number of carbonyl (C=O) groups excluding carboxylic acids is 1. The van der Waals surface area contributed by atoms with Gasteiger partial charge < -0.3 is 15.0 Å². The van der Waals surface area contributed by atoms with E-state index in [1.54, 1.807) is 0 Å². The van der Waals surface area contributed by atoms with Gasteiger partial charge in [-0.25, -0.2) is 4.79 Å². The van der Waals surface area contributed by atoms with E-state index in [1.165, 1.54) is 11.1 Å². The first kappa shape index (κ1) is 16.4. The van der Waals surface area contributed by atoms with E-state index in [0.29, 0.717) is 12.5 Å². The smallest absolute Gasteiger partial charge is 0.321 e. The van der Waals surface area contributed by atoms with Gasteiger partial charge in [-0.2, -0.15) is 0 Å². The Kier molecular flexibility index (Phi) is 5.04. The minimum atomic E-state index is -0.0335. The Morgan fingerprint density at radius 2 is 1.88 bits per heavy atom. The molecule has 2 amide bonds. The molecule has 0 saturated carbocycles. The van der Waals surface area contributed by atoms with Crippen LogP contribution in [0, 0.1) is 6.92 Å². The molecule has 4 heteroatoms. The summed E-state index contributed by atoms with van der Waals surface area (Å²) < 4.78 is 5.41. The fourth-order valence-electron chi connectivity index (χ4n) is 3.06. The van der Waals surface area contributed by atoms with Crippen LogP contribution in [0.25, 0.3) is 0 Å². The SMILES string of the molecule is CCOc1ccc(NC(=O)N2CC[C@H](c3ccc(C)cc3)C2)cc1. The second-order valence-electron chi connectivity index (χ2n) is 6.23. The summed E-state index contributed by atoms with van der Waals surface area (Å²) in [6, 6.07) is 16.1. The fraction of sp³-hybridized carbons (Fsp3) is 0.350. The van der Waals surface area contributed by atoms with Crippen LogP contribution in [0.2, 0.25) is 0 Å². The van der Waals surface area contributed by atoms with Crippen LogP contribution in [0.15, 0.2) is 48.5 Å². The van der Waals surface area contributed by atoms with Crippen molar-refractivity contribution in [2.45, 2.75) is 26.2 Å². The van der Waals surface area contributed by atoms with Gasteiger partial charge in [0.2, 0.25) is 0 Å². The molecule has 1 aliphatic heterocycles. The van der Waals surface area contributed by atoms with Gasteiger partial charge in [0.1, 0.15) is 5.75 Å². The lowest BCUT2D eigenvalue weighted by molar-refractivity contribution is 0.222. The molecule has 126 valence electrons. The number of carbonyl (C=O) groups is 1. The number of hydrogen-bond acceptors (Lipinski definition) is 2.